The van der Waals surface area contributed by atoms with Crippen LogP contribution in [0.2, 0.25) is 5.02 Å². The molecule has 2 aromatic carbocycles. The Morgan fingerprint density at radius 1 is 1.11 bits per heavy atom. The van der Waals surface area contributed by atoms with Gasteiger partial charge in [0.15, 0.2) is 0 Å². The molecule has 0 radical (unpaired) electrons. The maximum Gasteiger partial charge on any atom is 0.257 e. The molecule has 0 bridgehead atoms. The molecule has 0 aliphatic heterocycles. The van der Waals surface area contributed by atoms with Gasteiger partial charge in [0.2, 0.25) is 0 Å². The highest BCUT2D eigenvalue weighted by atomic mass is 35.5. The Kier molecular flexibility index (Phi) is 4.17. The van der Waals surface area contributed by atoms with E-state index in [0.717, 1.165) is 16.8 Å². The number of hydrogen-bond acceptors (Lipinski definition) is 2. The van der Waals surface area contributed by atoms with E-state index in [-0.39, 0.29) is 5.91 Å². The van der Waals surface area contributed by atoms with Gasteiger partial charge in [-0.25, -0.2) is 0 Å². The average molecular weight is 292 g/mol. The summed E-state index contributed by atoms with van der Waals surface area (Å²) in [5.74, 6) is -0.231. The molecule has 0 spiro atoms. The van der Waals surface area contributed by atoms with Crippen molar-refractivity contribution in [3.05, 3.63) is 58.1 Å². The fourth-order valence-corrected chi connectivity index (χ4v) is 2.34. The summed E-state index contributed by atoms with van der Waals surface area (Å²) in [6, 6.07) is 11.0. The lowest BCUT2D eigenvalue weighted by molar-refractivity contribution is 0.102. The molecule has 0 aromatic heterocycles. The van der Waals surface area contributed by atoms with Crippen LogP contribution in [0.1, 0.15) is 21.5 Å². The summed E-state index contributed by atoms with van der Waals surface area (Å²) in [7, 11) is 0. The Morgan fingerprint density at radius 2 is 1.74 bits per heavy atom. The first-order valence-electron chi connectivity index (χ1n) is 5.84. The van der Waals surface area contributed by atoms with Gasteiger partial charge in [0, 0.05) is 10.6 Å². The number of halogens is 1. The number of carbonyl (C=O) groups excluding carboxylic acids is 1. The molecule has 2 aromatic rings. The highest BCUT2D eigenvalue weighted by Gasteiger charge is 2.11. The zero-order chi connectivity index (χ0) is 14.0. The Morgan fingerprint density at radius 3 is 2.37 bits per heavy atom. The third-order valence-corrected chi connectivity index (χ3v) is 3.28. The Balaban J connectivity index is 2.28. The van der Waals surface area contributed by atoms with E-state index in [0.29, 0.717) is 15.5 Å². The number of aryl methyl sites for hydroxylation is 2. The minimum absolute atomic E-state index is 0.231. The summed E-state index contributed by atoms with van der Waals surface area (Å²) in [4.78, 5) is 12.9. The van der Waals surface area contributed by atoms with Gasteiger partial charge in [0.1, 0.15) is 0 Å². The lowest BCUT2D eigenvalue weighted by atomic mass is 10.1. The van der Waals surface area contributed by atoms with Crippen molar-refractivity contribution in [2.24, 2.45) is 0 Å². The minimum atomic E-state index is -0.231. The van der Waals surface area contributed by atoms with Crippen LogP contribution < -0.4 is 5.32 Å². The van der Waals surface area contributed by atoms with Gasteiger partial charge in [0.25, 0.3) is 5.91 Å². The zero-order valence-electron chi connectivity index (χ0n) is 10.7. The molecule has 0 heterocycles. The van der Waals surface area contributed by atoms with Crippen molar-refractivity contribution in [1.82, 2.24) is 0 Å². The van der Waals surface area contributed by atoms with Gasteiger partial charge in [-0.2, -0.15) is 0 Å². The van der Waals surface area contributed by atoms with E-state index < -0.39 is 0 Å². The molecule has 19 heavy (non-hydrogen) atoms. The van der Waals surface area contributed by atoms with Crippen LogP contribution in [-0.2, 0) is 0 Å². The topological polar surface area (TPSA) is 29.1 Å². The number of rotatable bonds is 2. The number of thiol groups is 1. The number of nitrogens with one attached hydrogen (secondary N) is 1. The van der Waals surface area contributed by atoms with Crippen molar-refractivity contribution in [3.8, 4) is 0 Å². The molecule has 0 aliphatic carbocycles. The molecule has 0 aliphatic rings. The predicted octanol–water partition coefficient (Wildman–Crippen LogP) is 4.50. The lowest BCUT2D eigenvalue weighted by Gasteiger charge is -2.09. The lowest BCUT2D eigenvalue weighted by Crippen LogP contribution is -2.12. The van der Waals surface area contributed by atoms with Gasteiger partial charge in [-0.15, -0.1) is 12.6 Å². The molecule has 1 amide bonds. The van der Waals surface area contributed by atoms with Gasteiger partial charge in [-0.3, -0.25) is 4.79 Å². The maximum atomic E-state index is 12.2. The summed E-state index contributed by atoms with van der Waals surface area (Å²) in [5, 5.41) is 3.27. The second-order valence-electron chi connectivity index (χ2n) is 4.49. The van der Waals surface area contributed by atoms with Gasteiger partial charge in [-0.1, -0.05) is 17.7 Å². The number of carbonyl (C=O) groups is 1. The van der Waals surface area contributed by atoms with Crippen molar-refractivity contribution in [1.29, 1.82) is 0 Å². The number of anilines is 1. The first kappa shape index (κ1) is 14.0. The number of benzene rings is 2. The number of hydrogen-bond donors (Lipinski definition) is 2. The molecule has 98 valence electrons. The second-order valence-corrected chi connectivity index (χ2v) is 5.42. The third kappa shape index (κ3) is 3.52. The molecule has 2 nitrogen and oxygen atoms in total. The van der Waals surface area contributed by atoms with E-state index >= 15 is 0 Å². The van der Waals surface area contributed by atoms with Crippen LogP contribution in [0.5, 0.6) is 0 Å². The average Bonchev–Trinajstić information content (AvgIpc) is 2.30. The molecule has 0 unspecified atom stereocenters. The largest absolute Gasteiger partial charge is 0.322 e. The molecule has 0 saturated heterocycles. The summed E-state index contributed by atoms with van der Waals surface area (Å²) in [6.07, 6.45) is 0. The van der Waals surface area contributed by atoms with Crippen LogP contribution >= 0.6 is 24.2 Å². The van der Waals surface area contributed by atoms with E-state index in [4.69, 9.17) is 11.6 Å². The Labute approximate surface area is 123 Å². The zero-order valence-corrected chi connectivity index (χ0v) is 12.3. The summed E-state index contributed by atoms with van der Waals surface area (Å²) >= 11 is 10.2. The Hall–Kier alpha value is -1.45. The summed E-state index contributed by atoms with van der Waals surface area (Å²) < 4.78 is 0. The molecule has 0 fully saturated rings. The van der Waals surface area contributed by atoms with Gasteiger partial charge < -0.3 is 5.32 Å². The fourth-order valence-electron chi connectivity index (χ4n) is 1.93. The molecule has 2 rings (SSSR count). The van der Waals surface area contributed by atoms with Crippen LogP contribution in [0.15, 0.2) is 41.3 Å². The van der Waals surface area contributed by atoms with E-state index in [2.05, 4.69) is 24.0 Å². The van der Waals surface area contributed by atoms with Crippen LogP contribution in [0.3, 0.4) is 0 Å². The smallest absolute Gasteiger partial charge is 0.257 e. The summed E-state index contributed by atoms with van der Waals surface area (Å²) in [5.41, 5.74) is 3.39. The predicted molar refractivity (Wildman–Crippen MR) is 82.6 cm³/mol. The van der Waals surface area contributed by atoms with E-state index in [9.17, 15) is 4.79 Å². The molecule has 1 N–H and O–H groups in total. The molecule has 0 atom stereocenters. The number of amides is 1. The molecular formula is C15H14ClNOS. The van der Waals surface area contributed by atoms with Gasteiger partial charge >= 0.3 is 0 Å². The quantitative estimate of drug-likeness (QED) is 0.784. The van der Waals surface area contributed by atoms with Crippen LogP contribution in [0.4, 0.5) is 5.69 Å². The normalized spacial score (nSPS) is 10.3. The van der Waals surface area contributed by atoms with E-state index in [1.807, 2.05) is 26.0 Å². The van der Waals surface area contributed by atoms with Crippen molar-refractivity contribution < 1.29 is 4.79 Å². The summed E-state index contributed by atoms with van der Waals surface area (Å²) in [6.45, 7) is 3.98. The highest BCUT2D eigenvalue weighted by molar-refractivity contribution is 7.80. The standard InChI is InChI=1S/C15H14ClNOS/c1-9-5-10(2)7-11(6-9)17-15(18)13-8-12(19)3-4-14(13)16/h3-8,19H,1-2H3,(H,17,18). The van der Waals surface area contributed by atoms with E-state index in [1.165, 1.54) is 0 Å². The van der Waals surface area contributed by atoms with Crippen molar-refractivity contribution in [2.75, 3.05) is 5.32 Å². The Bertz CT molecular complexity index is 620. The van der Waals surface area contributed by atoms with Crippen molar-refractivity contribution >= 4 is 35.8 Å². The SMILES string of the molecule is Cc1cc(C)cc(NC(=O)c2cc(S)ccc2Cl)c1. The first-order valence-corrected chi connectivity index (χ1v) is 6.66. The molecule has 4 heteroatoms. The van der Waals surface area contributed by atoms with Crippen LogP contribution in [0, 0.1) is 13.8 Å². The highest BCUT2D eigenvalue weighted by Crippen LogP contribution is 2.21. The van der Waals surface area contributed by atoms with Crippen molar-refractivity contribution in [2.45, 2.75) is 18.7 Å². The molecule has 0 saturated carbocycles. The monoisotopic (exact) mass is 291 g/mol. The third-order valence-electron chi connectivity index (χ3n) is 2.67. The van der Waals surface area contributed by atoms with Crippen molar-refractivity contribution in [3.63, 3.8) is 0 Å². The fraction of sp³-hybridized carbons (Fsp3) is 0.133. The van der Waals surface area contributed by atoms with Gasteiger partial charge in [-0.05, 0) is 55.3 Å². The van der Waals surface area contributed by atoms with E-state index in [1.54, 1.807) is 18.2 Å². The van der Waals surface area contributed by atoms with Crippen LogP contribution in [-0.4, -0.2) is 5.91 Å². The van der Waals surface area contributed by atoms with Crippen LogP contribution in [0.25, 0.3) is 0 Å². The van der Waals surface area contributed by atoms with Gasteiger partial charge in [0.05, 0.1) is 10.6 Å². The maximum absolute atomic E-state index is 12.2. The molecular weight excluding hydrogens is 278 g/mol. The second kappa shape index (κ2) is 5.68. The minimum Gasteiger partial charge on any atom is -0.322 e. The first-order chi connectivity index (χ1) is 8.95.